The third-order valence-corrected chi connectivity index (χ3v) is 7.04. The van der Waals surface area contributed by atoms with E-state index in [1.807, 2.05) is 5.01 Å². The van der Waals surface area contributed by atoms with Crippen LogP contribution in [0.2, 0.25) is 5.02 Å². The molecule has 0 radical (unpaired) electrons. The van der Waals surface area contributed by atoms with Crippen LogP contribution in [0.5, 0.6) is 0 Å². The van der Waals surface area contributed by atoms with E-state index < -0.39 is 10.0 Å². The van der Waals surface area contributed by atoms with E-state index in [9.17, 15) is 13.2 Å². The molecule has 2 fully saturated rings. The lowest BCUT2D eigenvalue weighted by molar-refractivity contribution is -0.884. The number of quaternary nitrogens is 1. The van der Waals surface area contributed by atoms with Gasteiger partial charge in [-0.1, -0.05) is 11.6 Å². The van der Waals surface area contributed by atoms with Gasteiger partial charge < -0.3 is 9.64 Å². The summed E-state index contributed by atoms with van der Waals surface area (Å²) in [6.45, 7) is 4.64. The first-order valence-corrected chi connectivity index (χ1v) is 10.4. The van der Waals surface area contributed by atoms with Crippen LogP contribution in [-0.2, 0) is 14.8 Å². The highest BCUT2D eigenvalue weighted by Crippen LogP contribution is 2.26. The third kappa shape index (κ3) is 4.36. The molecule has 0 saturated carbocycles. The van der Waals surface area contributed by atoms with Crippen LogP contribution in [-0.4, -0.2) is 83.2 Å². The molecule has 3 rings (SSSR count). The number of morpholine rings is 1. The minimum absolute atomic E-state index is 0.0449. The number of nitrogens with one attached hydrogen (secondary N) is 2. The van der Waals surface area contributed by atoms with Crippen LogP contribution in [0.3, 0.4) is 0 Å². The molecule has 0 unspecified atom stereocenters. The lowest BCUT2D eigenvalue weighted by Crippen LogP contribution is -3.12. The summed E-state index contributed by atoms with van der Waals surface area (Å²) in [6, 6.07) is 4.35. The molecule has 26 heavy (non-hydrogen) atoms. The fourth-order valence-corrected chi connectivity index (χ4v) is 4.89. The van der Waals surface area contributed by atoms with Crippen LogP contribution < -0.4 is 10.3 Å². The molecule has 0 aromatic heterocycles. The number of hydrogen-bond donors (Lipinski definition) is 2. The van der Waals surface area contributed by atoms with Crippen molar-refractivity contribution in [3.05, 3.63) is 28.8 Å². The van der Waals surface area contributed by atoms with Gasteiger partial charge in [-0.15, -0.1) is 0 Å². The highest BCUT2D eigenvalue weighted by molar-refractivity contribution is 7.89. The summed E-state index contributed by atoms with van der Waals surface area (Å²) in [5.74, 6) is -0.334. The van der Waals surface area contributed by atoms with Gasteiger partial charge in [0.2, 0.25) is 10.0 Å². The molecule has 1 aromatic rings. The number of amides is 1. The van der Waals surface area contributed by atoms with Crippen molar-refractivity contribution < 1.29 is 22.8 Å². The van der Waals surface area contributed by atoms with Gasteiger partial charge in [0.05, 0.1) is 51.5 Å². The predicted molar refractivity (Wildman–Crippen MR) is 96.7 cm³/mol. The van der Waals surface area contributed by atoms with E-state index in [1.54, 1.807) is 0 Å². The number of carbonyl (C=O) groups excluding carboxylic acids is 1. The van der Waals surface area contributed by atoms with Gasteiger partial charge in [-0.2, -0.15) is 4.31 Å². The molecule has 1 amide bonds. The molecule has 0 aliphatic carbocycles. The number of nitrogens with zero attached hydrogens (tertiary/aromatic N) is 2. The largest absolute Gasteiger partial charge is 0.379 e. The Morgan fingerprint density at radius 3 is 2.50 bits per heavy atom. The third-order valence-electron chi connectivity index (χ3n) is 4.66. The molecule has 2 N–H and O–H groups in total. The summed E-state index contributed by atoms with van der Waals surface area (Å²) < 4.78 is 32.2. The first-order chi connectivity index (χ1) is 12.4. The van der Waals surface area contributed by atoms with Crippen LogP contribution in [0, 0.1) is 0 Å². The Labute approximate surface area is 158 Å². The number of likely N-dealkylation sites (N-methyl/N-ethyl adjacent to an activating group) is 1. The molecule has 0 bridgehead atoms. The van der Waals surface area contributed by atoms with Gasteiger partial charge in [0.1, 0.15) is 4.90 Å². The van der Waals surface area contributed by atoms with Crippen LogP contribution in [0.15, 0.2) is 23.1 Å². The Morgan fingerprint density at radius 1 is 1.19 bits per heavy atom. The van der Waals surface area contributed by atoms with Crippen LogP contribution in [0.1, 0.15) is 10.4 Å². The van der Waals surface area contributed by atoms with Crippen molar-refractivity contribution in [3.63, 3.8) is 0 Å². The number of carbonyl (C=O) groups is 1. The van der Waals surface area contributed by atoms with Gasteiger partial charge in [-0.3, -0.25) is 10.2 Å². The number of benzene rings is 1. The number of sulfonamides is 1. The van der Waals surface area contributed by atoms with Crippen LogP contribution in [0.25, 0.3) is 0 Å². The average Bonchev–Trinajstić information content (AvgIpc) is 2.64. The number of hydrazine groups is 1. The van der Waals surface area contributed by atoms with Crippen LogP contribution >= 0.6 is 11.6 Å². The maximum absolute atomic E-state index is 12.9. The van der Waals surface area contributed by atoms with Crippen molar-refractivity contribution in [2.24, 2.45) is 0 Å². The summed E-state index contributed by atoms with van der Waals surface area (Å²) >= 11 is 6.13. The van der Waals surface area contributed by atoms with E-state index in [2.05, 4.69) is 12.5 Å². The maximum atomic E-state index is 12.9. The average molecular weight is 404 g/mol. The van der Waals surface area contributed by atoms with Crippen molar-refractivity contribution >= 4 is 27.5 Å². The number of hydrogen-bond acceptors (Lipinski definition) is 5. The summed E-state index contributed by atoms with van der Waals surface area (Å²) in [4.78, 5) is 13.9. The summed E-state index contributed by atoms with van der Waals surface area (Å²) in [6.07, 6.45) is 0. The summed E-state index contributed by atoms with van der Waals surface area (Å²) in [5, 5.41) is 1.97. The fourth-order valence-electron chi connectivity index (χ4n) is 2.98. The van der Waals surface area contributed by atoms with E-state index in [0.29, 0.717) is 13.2 Å². The van der Waals surface area contributed by atoms with E-state index in [0.717, 1.165) is 26.2 Å². The molecule has 2 aliphatic rings. The molecule has 2 saturated heterocycles. The highest BCUT2D eigenvalue weighted by Gasteiger charge is 2.29. The lowest BCUT2D eigenvalue weighted by atomic mass is 10.2. The molecular formula is C16H24ClN4O4S+. The Balaban J connectivity index is 1.77. The van der Waals surface area contributed by atoms with Crippen molar-refractivity contribution in [2.75, 3.05) is 59.5 Å². The zero-order valence-electron chi connectivity index (χ0n) is 14.7. The van der Waals surface area contributed by atoms with E-state index in [1.165, 1.54) is 27.4 Å². The number of ether oxygens (including phenoxy) is 1. The molecule has 8 nitrogen and oxygen atoms in total. The first kappa shape index (κ1) is 19.5. The topological polar surface area (TPSA) is 83.4 Å². The molecule has 0 atom stereocenters. The normalized spacial score (nSPS) is 20.8. The first-order valence-electron chi connectivity index (χ1n) is 8.62. The Hall–Kier alpha value is -1.23. The Morgan fingerprint density at radius 2 is 1.85 bits per heavy atom. The van der Waals surface area contributed by atoms with Crippen molar-refractivity contribution in [1.29, 1.82) is 0 Å². The SMILES string of the molecule is C[NH+]1CCN(NC(=O)c2ccc(Cl)c(S(=O)(=O)N3CCOCC3)c2)CC1. The zero-order valence-corrected chi connectivity index (χ0v) is 16.3. The minimum Gasteiger partial charge on any atom is -0.379 e. The number of halogens is 1. The second kappa shape index (κ2) is 8.20. The van der Waals surface area contributed by atoms with Crippen molar-refractivity contribution in [1.82, 2.24) is 14.7 Å². The molecule has 0 spiro atoms. The predicted octanol–water partition coefficient (Wildman–Crippen LogP) is -1.16. The van der Waals surface area contributed by atoms with Crippen molar-refractivity contribution in [2.45, 2.75) is 4.90 Å². The number of piperazine rings is 1. The van der Waals surface area contributed by atoms with Gasteiger partial charge in [0, 0.05) is 18.7 Å². The van der Waals surface area contributed by atoms with E-state index in [4.69, 9.17) is 16.3 Å². The van der Waals surface area contributed by atoms with Gasteiger partial charge in [-0.05, 0) is 18.2 Å². The standard InChI is InChI=1S/C16H23ClN4O4S/c1-19-4-6-20(7-5-19)18-16(22)13-2-3-14(17)15(12-13)26(23,24)21-8-10-25-11-9-21/h2-3,12H,4-11H2,1H3,(H,18,22)/p+1. The quantitative estimate of drug-likeness (QED) is 0.662. The van der Waals surface area contributed by atoms with E-state index >= 15 is 0 Å². The molecule has 144 valence electrons. The summed E-state index contributed by atoms with van der Waals surface area (Å²) in [5.41, 5.74) is 3.11. The Bertz CT molecular complexity index is 760. The molecule has 2 aliphatic heterocycles. The monoisotopic (exact) mass is 403 g/mol. The van der Waals surface area contributed by atoms with Gasteiger partial charge >= 0.3 is 0 Å². The maximum Gasteiger partial charge on any atom is 0.265 e. The fraction of sp³-hybridized carbons (Fsp3) is 0.562. The van der Waals surface area contributed by atoms with Gasteiger partial charge in [0.25, 0.3) is 5.91 Å². The zero-order chi connectivity index (χ0) is 18.7. The van der Waals surface area contributed by atoms with Gasteiger partial charge in [0.15, 0.2) is 0 Å². The molecule has 10 heteroatoms. The second-order valence-corrected chi connectivity index (χ2v) is 8.86. The summed E-state index contributed by atoms with van der Waals surface area (Å²) in [7, 11) is -1.65. The second-order valence-electron chi connectivity index (χ2n) is 6.55. The van der Waals surface area contributed by atoms with E-state index in [-0.39, 0.29) is 34.5 Å². The lowest BCUT2D eigenvalue weighted by Gasteiger charge is -2.30. The van der Waals surface area contributed by atoms with Crippen LogP contribution in [0.4, 0.5) is 0 Å². The van der Waals surface area contributed by atoms with Crippen molar-refractivity contribution in [3.8, 4) is 0 Å². The molecule has 2 heterocycles. The molecular weight excluding hydrogens is 380 g/mol. The molecule has 1 aromatic carbocycles. The minimum atomic E-state index is -3.76. The highest BCUT2D eigenvalue weighted by atomic mass is 35.5. The van der Waals surface area contributed by atoms with Gasteiger partial charge in [-0.25, -0.2) is 13.4 Å². The Kier molecular flexibility index (Phi) is 6.16. The number of rotatable bonds is 4. The smallest absolute Gasteiger partial charge is 0.265 e.